The number of imide groups is 1. The molecule has 0 aromatic carbocycles. The first-order chi connectivity index (χ1) is 12.1. The van der Waals surface area contributed by atoms with Gasteiger partial charge in [0.25, 0.3) is 0 Å². The SMILES string of the molecule is CC(C)CCNC(=O)C1CCN(S(=O)(=O)C2C(=O)NC(=O)NC2C)CC1. The number of rotatable bonds is 6. The van der Waals surface area contributed by atoms with Gasteiger partial charge in [-0.05, 0) is 32.1 Å². The van der Waals surface area contributed by atoms with Gasteiger partial charge in [0.2, 0.25) is 21.8 Å². The molecule has 3 N–H and O–H groups in total. The second-order valence-electron chi connectivity index (χ2n) is 7.36. The molecule has 0 saturated carbocycles. The normalized spacial score (nSPS) is 25.7. The Morgan fingerprint density at radius 1 is 1.27 bits per heavy atom. The highest BCUT2D eigenvalue weighted by Gasteiger charge is 2.46. The van der Waals surface area contributed by atoms with Crippen molar-refractivity contribution < 1.29 is 22.8 Å². The predicted molar refractivity (Wildman–Crippen MR) is 95.6 cm³/mol. The molecule has 0 aliphatic carbocycles. The molecular weight excluding hydrogens is 360 g/mol. The molecule has 2 heterocycles. The average molecular weight is 388 g/mol. The number of amides is 4. The van der Waals surface area contributed by atoms with E-state index >= 15 is 0 Å². The van der Waals surface area contributed by atoms with Crippen LogP contribution in [0.25, 0.3) is 0 Å². The Bertz CT molecular complexity index is 656. The monoisotopic (exact) mass is 388 g/mol. The number of hydrogen-bond donors (Lipinski definition) is 3. The molecule has 148 valence electrons. The molecule has 0 radical (unpaired) electrons. The van der Waals surface area contributed by atoms with Crippen molar-refractivity contribution in [1.29, 1.82) is 0 Å². The lowest BCUT2D eigenvalue weighted by atomic mass is 9.97. The van der Waals surface area contributed by atoms with Crippen molar-refractivity contribution >= 4 is 27.9 Å². The standard InChI is InChI=1S/C16H28N4O5S/c1-10(2)4-7-17-14(21)12-5-8-20(9-6-12)26(24,25)13-11(3)18-16(23)19-15(13)22/h10-13H,4-9H2,1-3H3,(H,17,21)(H2,18,19,22,23). The lowest BCUT2D eigenvalue weighted by Gasteiger charge is -2.36. The summed E-state index contributed by atoms with van der Waals surface area (Å²) in [5.41, 5.74) is 0. The Labute approximate surface area is 154 Å². The van der Waals surface area contributed by atoms with E-state index in [2.05, 4.69) is 24.5 Å². The zero-order chi connectivity index (χ0) is 19.5. The van der Waals surface area contributed by atoms with Crippen LogP contribution in [0.5, 0.6) is 0 Å². The fraction of sp³-hybridized carbons (Fsp3) is 0.812. The predicted octanol–water partition coefficient (Wildman–Crippen LogP) is -0.213. The van der Waals surface area contributed by atoms with Crippen LogP contribution in [0.4, 0.5) is 4.79 Å². The third-order valence-electron chi connectivity index (χ3n) is 4.83. The fourth-order valence-electron chi connectivity index (χ4n) is 3.28. The van der Waals surface area contributed by atoms with Crippen molar-refractivity contribution in [2.45, 2.75) is 51.3 Å². The summed E-state index contributed by atoms with van der Waals surface area (Å²) in [4.78, 5) is 35.5. The molecule has 26 heavy (non-hydrogen) atoms. The van der Waals surface area contributed by atoms with Crippen LogP contribution in [0.2, 0.25) is 0 Å². The van der Waals surface area contributed by atoms with Crippen LogP contribution in [0.1, 0.15) is 40.0 Å². The van der Waals surface area contributed by atoms with Crippen molar-refractivity contribution in [2.75, 3.05) is 19.6 Å². The van der Waals surface area contributed by atoms with Gasteiger partial charge < -0.3 is 10.6 Å². The summed E-state index contributed by atoms with van der Waals surface area (Å²) in [6.45, 7) is 6.66. The number of carbonyl (C=O) groups is 3. The van der Waals surface area contributed by atoms with Crippen LogP contribution in [0, 0.1) is 11.8 Å². The van der Waals surface area contributed by atoms with Crippen molar-refractivity contribution in [3.05, 3.63) is 0 Å². The molecule has 0 bridgehead atoms. The molecule has 2 aliphatic rings. The van der Waals surface area contributed by atoms with Crippen molar-refractivity contribution in [2.24, 2.45) is 11.8 Å². The lowest BCUT2D eigenvalue weighted by molar-refractivity contribution is -0.126. The minimum Gasteiger partial charge on any atom is -0.356 e. The van der Waals surface area contributed by atoms with E-state index in [4.69, 9.17) is 0 Å². The van der Waals surface area contributed by atoms with Crippen LogP contribution >= 0.6 is 0 Å². The molecule has 4 amide bonds. The van der Waals surface area contributed by atoms with Crippen LogP contribution in [0.3, 0.4) is 0 Å². The number of piperidine rings is 1. The Morgan fingerprint density at radius 3 is 2.42 bits per heavy atom. The van der Waals surface area contributed by atoms with Crippen molar-refractivity contribution in [3.8, 4) is 0 Å². The third-order valence-corrected chi connectivity index (χ3v) is 7.18. The Morgan fingerprint density at radius 2 is 1.88 bits per heavy atom. The summed E-state index contributed by atoms with van der Waals surface area (Å²) in [6, 6.07) is -1.50. The number of sulfonamides is 1. The highest BCUT2D eigenvalue weighted by Crippen LogP contribution is 2.24. The van der Waals surface area contributed by atoms with Crippen LogP contribution in [-0.4, -0.2) is 61.5 Å². The van der Waals surface area contributed by atoms with Gasteiger partial charge in [-0.3, -0.25) is 14.9 Å². The van der Waals surface area contributed by atoms with Gasteiger partial charge in [0.1, 0.15) is 0 Å². The number of nitrogens with zero attached hydrogens (tertiary/aromatic N) is 1. The largest absolute Gasteiger partial charge is 0.356 e. The summed E-state index contributed by atoms with van der Waals surface area (Å²) < 4.78 is 26.9. The molecule has 0 aromatic rings. The molecule has 0 aromatic heterocycles. The Hall–Kier alpha value is -1.68. The van der Waals surface area contributed by atoms with E-state index < -0.39 is 33.3 Å². The van der Waals surface area contributed by atoms with Gasteiger partial charge in [-0.1, -0.05) is 13.8 Å². The number of nitrogens with one attached hydrogen (secondary N) is 3. The molecule has 2 saturated heterocycles. The summed E-state index contributed by atoms with van der Waals surface area (Å²) in [6.07, 6.45) is 1.74. The van der Waals surface area contributed by atoms with Crippen LogP contribution in [0.15, 0.2) is 0 Å². The third kappa shape index (κ3) is 4.73. The lowest BCUT2D eigenvalue weighted by Crippen LogP contribution is -2.64. The van der Waals surface area contributed by atoms with Gasteiger partial charge >= 0.3 is 6.03 Å². The molecule has 0 spiro atoms. The minimum atomic E-state index is -3.91. The van der Waals surface area contributed by atoms with Gasteiger partial charge in [0, 0.05) is 25.6 Å². The van der Waals surface area contributed by atoms with Crippen LogP contribution in [-0.2, 0) is 19.6 Å². The molecular formula is C16H28N4O5S. The molecule has 9 nitrogen and oxygen atoms in total. The molecule has 10 heteroatoms. The van der Waals surface area contributed by atoms with Gasteiger partial charge in [-0.25, -0.2) is 17.5 Å². The Kier molecular flexibility index (Phi) is 6.62. The fourth-order valence-corrected chi connectivity index (χ4v) is 5.24. The van der Waals surface area contributed by atoms with E-state index in [0.717, 1.165) is 6.42 Å². The van der Waals surface area contributed by atoms with Gasteiger partial charge in [-0.2, -0.15) is 0 Å². The van der Waals surface area contributed by atoms with E-state index in [1.807, 2.05) is 5.32 Å². The molecule has 2 rings (SSSR count). The molecule has 2 atom stereocenters. The van der Waals surface area contributed by atoms with E-state index in [9.17, 15) is 22.8 Å². The highest BCUT2D eigenvalue weighted by molar-refractivity contribution is 7.90. The number of carbonyl (C=O) groups excluding carboxylic acids is 3. The van der Waals surface area contributed by atoms with E-state index in [-0.39, 0.29) is 24.9 Å². The summed E-state index contributed by atoms with van der Waals surface area (Å²) in [5.74, 6) is -0.564. The first-order valence-electron chi connectivity index (χ1n) is 9.01. The van der Waals surface area contributed by atoms with Gasteiger partial charge in [-0.15, -0.1) is 0 Å². The smallest absolute Gasteiger partial charge is 0.321 e. The van der Waals surface area contributed by atoms with Gasteiger partial charge in [0.05, 0.1) is 6.04 Å². The van der Waals surface area contributed by atoms with E-state index in [0.29, 0.717) is 25.3 Å². The second kappa shape index (κ2) is 8.34. The topological polar surface area (TPSA) is 125 Å². The van der Waals surface area contributed by atoms with Crippen molar-refractivity contribution in [1.82, 2.24) is 20.3 Å². The van der Waals surface area contributed by atoms with Crippen molar-refractivity contribution in [3.63, 3.8) is 0 Å². The quantitative estimate of drug-likeness (QED) is 0.580. The maximum atomic E-state index is 12.8. The highest BCUT2D eigenvalue weighted by atomic mass is 32.2. The maximum Gasteiger partial charge on any atom is 0.321 e. The molecule has 2 aliphatic heterocycles. The summed E-state index contributed by atoms with van der Waals surface area (Å²) >= 11 is 0. The molecule has 2 unspecified atom stereocenters. The van der Waals surface area contributed by atoms with E-state index in [1.54, 1.807) is 0 Å². The molecule has 2 fully saturated rings. The number of hydrogen-bond acceptors (Lipinski definition) is 5. The first kappa shape index (κ1) is 20.6. The average Bonchev–Trinajstić information content (AvgIpc) is 2.53. The minimum absolute atomic E-state index is 0.0428. The summed E-state index contributed by atoms with van der Waals surface area (Å²) in [7, 11) is -3.91. The Balaban J connectivity index is 1.93. The maximum absolute atomic E-state index is 12.8. The zero-order valence-corrected chi connectivity index (χ0v) is 16.3. The second-order valence-corrected chi connectivity index (χ2v) is 9.42. The first-order valence-corrected chi connectivity index (χ1v) is 10.5. The zero-order valence-electron chi connectivity index (χ0n) is 15.4. The summed E-state index contributed by atoms with van der Waals surface area (Å²) in [5, 5.41) is 5.98. The van der Waals surface area contributed by atoms with E-state index in [1.165, 1.54) is 11.2 Å². The number of urea groups is 1. The van der Waals surface area contributed by atoms with Gasteiger partial charge in [0.15, 0.2) is 5.25 Å². The van der Waals surface area contributed by atoms with Crippen LogP contribution < -0.4 is 16.0 Å².